The first kappa shape index (κ1) is 12.2. The van der Waals surface area contributed by atoms with Gasteiger partial charge in [-0.1, -0.05) is 64.7 Å². The van der Waals surface area contributed by atoms with Crippen molar-refractivity contribution in [2.45, 2.75) is 70.8 Å². The van der Waals surface area contributed by atoms with E-state index in [0.29, 0.717) is 0 Å². The second kappa shape index (κ2) is 8.45. The highest BCUT2D eigenvalue weighted by atomic mass is 28.3. The lowest BCUT2D eigenvalue weighted by Gasteiger charge is -2.00. The average Bonchev–Trinajstić information content (AvgIpc) is 2.99. The van der Waals surface area contributed by atoms with Gasteiger partial charge in [0.05, 0.1) is 0 Å². The van der Waals surface area contributed by atoms with Crippen LogP contribution in [0.4, 0.5) is 0 Å². The van der Waals surface area contributed by atoms with Crippen LogP contribution in [0, 0.1) is 0 Å². The standard InChI is InChI=1S/C11H24O2Si/c1-2-3-4-5-6-7-8-9-10-11-14-12-13-14/h14H,2-11H2,1H3. The minimum absolute atomic E-state index is 0.995. The molecule has 1 saturated heterocycles. The maximum Gasteiger partial charge on any atom is 0.393 e. The lowest BCUT2D eigenvalue weighted by molar-refractivity contribution is 0.0850. The first-order chi connectivity index (χ1) is 6.93. The van der Waals surface area contributed by atoms with E-state index < -0.39 is 9.28 Å². The van der Waals surface area contributed by atoms with E-state index in [9.17, 15) is 0 Å². The Labute approximate surface area is 89.8 Å². The molecule has 2 nitrogen and oxygen atoms in total. The number of rotatable bonds is 10. The van der Waals surface area contributed by atoms with Crippen LogP contribution in [0.25, 0.3) is 0 Å². The van der Waals surface area contributed by atoms with Crippen molar-refractivity contribution in [2.24, 2.45) is 0 Å². The molecule has 0 aromatic rings. The lowest BCUT2D eigenvalue weighted by Crippen LogP contribution is -1.88. The normalized spacial score (nSPS) is 16.1. The third-order valence-electron chi connectivity index (χ3n) is 2.78. The molecule has 0 saturated carbocycles. The SMILES string of the molecule is CCCCCCCCCCC[SiH]1OO1. The van der Waals surface area contributed by atoms with Gasteiger partial charge in [-0.05, 0) is 6.04 Å². The molecule has 3 heteroatoms. The molecular formula is C11H24O2Si. The summed E-state index contributed by atoms with van der Waals surface area (Å²) in [5.41, 5.74) is 0. The van der Waals surface area contributed by atoms with Gasteiger partial charge in [0.25, 0.3) is 0 Å². The van der Waals surface area contributed by atoms with Crippen LogP contribution in [0.5, 0.6) is 0 Å². The molecule has 1 aliphatic rings. The van der Waals surface area contributed by atoms with E-state index in [0.717, 1.165) is 0 Å². The number of hydrogen-bond donors (Lipinski definition) is 0. The molecular weight excluding hydrogens is 192 g/mol. The fourth-order valence-corrected chi connectivity index (χ4v) is 2.89. The van der Waals surface area contributed by atoms with Gasteiger partial charge in [0, 0.05) is 0 Å². The summed E-state index contributed by atoms with van der Waals surface area (Å²) in [6.45, 7) is 2.27. The topological polar surface area (TPSA) is 25.1 Å². The Hall–Kier alpha value is 0.137. The van der Waals surface area contributed by atoms with Gasteiger partial charge in [-0.3, -0.25) is 9.15 Å². The van der Waals surface area contributed by atoms with Crippen LogP contribution in [0.1, 0.15) is 64.7 Å². The predicted molar refractivity (Wildman–Crippen MR) is 61.4 cm³/mol. The summed E-state index contributed by atoms with van der Waals surface area (Å²) in [5.74, 6) is 0. The smallest absolute Gasteiger partial charge is 0.261 e. The van der Waals surface area contributed by atoms with E-state index in [1.165, 1.54) is 63.8 Å². The van der Waals surface area contributed by atoms with Gasteiger partial charge < -0.3 is 0 Å². The molecule has 0 aromatic heterocycles. The summed E-state index contributed by atoms with van der Waals surface area (Å²) in [7, 11) is -0.995. The minimum atomic E-state index is -0.995. The number of hydrogen-bond acceptors (Lipinski definition) is 2. The highest BCUT2D eigenvalue weighted by Crippen LogP contribution is 2.17. The van der Waals surface area contributed by atoms with Crippen molar-refractivity contribution in [2.75, 3.05) is 0 Å². The molecule has 0 spiro atoms. The van der Waals surface area contributed by atoms with Gasteiger partial charge in [-0.25, -0.2) is 0 Å². The van der Waals surface area contributed by atoms with Gasteiger partial charge in [0.1, 0.15) is 0 Å². The van der Waals surface area contributed by atoms with Crippen molar-refractivity contribution < 1.29 is 9.15 Å². The fourth-order valence-electron chi connectivity index (χ4n) is 1.76. The first-order valence-electron chi connectivity index (χ1n) is 6.25. The van der Waals surface area contributed by atoms with Gasteiger partial charge >= 0.3 is 9.28 Å². The van der Waals surface area contributed by atoms with Gasteiger partial charge in [0.2, 0.25) is 0 Å². The first-order valence-corrected chi connectivity index (χ1v) is 8.01. The zero-order valence-electron chi connectivity index (χ0n) is 9.46. The predicted octanol–water partition coefficient (Wildman–Crippen LogP) is 3.70. The fraction of sp³-hybridized carbons (Fsp3) is 1.00. The summed E-state index contributed by atoms with van der Waals surface area (Å²) in [4.78, 5) is 0. The highest BCUT2D eigenvalue weighted by Gasteiger charge is 2.28. The van der Waals surface area contributed by atoms with Crippen LogP contribution in [0.3, 0.4) is 0 Å². The van der Waals surface area contributed by atoms with Crippen molar-refractivity contribution in [3.8, 4) is 0 Å². The van der Waals surface area contributed by atoms with E-state index in [2.05, 4.69) is 6.92 Å². The maximum atomic E-state index is 4.82. The zero-order chi connectivity index (χ0) is 10.1. The molecule has 0 atom stereocenters. The van der Waals surface area contributed by atoms with Crippen LogP contribution in [-0.2, 0) is 9.15 Å². The molecule has 0 radical (unpaired) electrons. The molecule has 0 aliphatic carbocycles. The maximum absolute atomic E-state index is 4.82. The third kappa shape index (κ3) is 7.53. The Morgan fingerprint density at radius 1 is 0.714 bits per heavy atom. The molecule has 1 rings (SSSR count). The Morgan fingerprint density at radius 2 is 1.21 bits per heavy atom. The summed E-state index contributed by atoms with van der Waals surface area (Å²) in [6.07, 6.45) is 12.6. The molecule has 0 bridgehead atoms. The zero-order valence-corrected chi connectivity index (χ0v) is 10.6. The Balaban J connectivity index is 1.63. The minimum Gasteiger partial charge on any atom is -0.261 e. The van der Waals surface area contributed by atoms with Gasteiger partial charge in [-0.15, -0.1) is 0 Å². The number of unbranched alkanes of at least 4 members (excludes halogenated alkanes) is 8. The van der Waals surface area contributed by atoms with E-state index in [1.54, 1.807) is 0 Å². The molecule has 1 aliphatic heterocycles. The highest BCUT2D eigenvalue weighted by molar-refractivity contribution is 6.49. The van der Waals surface area contributed by atoms with Crippen LogP contribution in [-0.4, -0.2) is 9.28 Å². The average molecular weight is 216 g/mol. The second-order valence-corrected chi connectivity index (χ2v) is 6.06. The van der Waals surface area contributed by atoms with Crippen molar-refractivity contribution in [3.63, 3.8) is 0 Å². The summed E-state index contributed by atoms with van der Waals surface area (Å²) >= 11 is 0. The van der Waals surface area contributed by atoms with E-state index in [4.69, 9.17) is 9.15 Å². The van der Waals surface area contributed by atoms with Crippen molar-refractivity contribution in [1.29, 1.82) is 0 Å². The Kier molecular flexibility index (Phi) is 7.36. The third-order valence-corrected chi connectivity index (χ3v) is 4.12. The summed E-state index contributed by atoms with van der Waals surface area (Å²) in [5, 5.41) is 0. The van der Waals surface area contributed by atoms with Gasteiger partial charge in [-0.2, -0.15) is 0 Å². The largest absolute Gasteiger partial charge is 0.393 e. The molecule has 14 heavy (non-hydrogen) atoms. The van der Waals surface area contributed by atoms with E-state index in [1.807, 2.05) is 0 Å². The molecule has 0 amide bonds. The van der Waals surface area contributed by atoms with Crippen molar-refractivity contribution in [1.82, 2.24) is 0 Å². The van der Waals surface area contributed by atoms with Crippen LogP contribution >= 0.6 is 0 Å². The molecule has 1 fully saturated rings. The van der Waals surface area contributed by atoms with E-state index in [-0.39, 0.29) is 0 Å². The molecule has 0 aromatic carbocycles. The molecule has 84 valence electrons. The summed E-state index contributed by atoms with van der Waals surface area (Å²) in [6, 6.07) is 1.23. The van der Waals surface area contributed by atoms with Crippen LogP contribution < -0.4 is 0 Å². The van der Waals surface area contributed by atoms with Crippen molar-refractivity contribution >= 4 is 9.28 Å². The van der Waals surface area contributed by atoms with Gasteiger partial charge in [0.15, 0.2) is 0 Å². The summed E-state index contributed by atoms with van der Waals surface area (Å²) < 4.78 is 9.64. The monoisotopic (exact) mass is 216 g/mol. The quantitative estimate of drug-likeness (QED) is 0.241. The van der Waals surface area contributed by atoms with Crippen LogP contribution in [0.2, 0.25) is 6.04 Å². The molecule has 0 unspecified atom stereocenters. The van der Waals surface area contributed by atoms with Crippen LogP contribution in [0.15, 0.2) is 0 Å². The Morgan fingerprint density at radius 3 is 1.71 bits per heavy atom. The molecule has 1 heterocycles. The van der Waals surface area contributed by atoms with E-state index >= 15 is 0 Å². The van der Waals surface area contributed by atoms with Crippen molar-refractivity contribution in [3.05, 3.63) is 0 Å². The lowest BCUT2D eigenvalue weighted by atomic mass is 10.1. The Bertz CT molecular complexity index is 126. The molecule has 0 N–H and O–H groups in total. The second-order valence-electron chi connectivity index (χ2n) is 4.24.